The molecule has 0 aromatic heterocycles. The largest absolute Gasteiger partial charge is 0.495 e. The average Bonchev–Trinajstić information content (AvgIpc) is 2.62. The van der Waals surface area contributed by atoms with Gasteiger partial charge in [-0.1, -0.05) is 54.6 Å². The molecule has 3 aromatic rings. The van der Waals surface area contributed by atoms with E-state index in [4.69, 9.17) is 10.5 Å². The number of fused-ring (bicyclic) bond motifs is 1. The molecule has 0 bridgehead atoms. The Labute approximate surface area is 165 Å². The first-order valence-electron chi connectivity index (χ1n) is 7.94. The van der Waals surface area contributed by atoms with Crippen molar-refractivity contribution in [2.75, 3.05) is 19.0 Å². The van der Waals surface area contributed by atoms with Crippen LogP contribution in [0, 0.1) is 0 Å². The van der Waals surface area contributed by atoms with Gasteiger partial charge in [-0.3, -0.25) is 4.99 Å². The van der Waals surface area contributed by atoms with Gasteiger partial charge < -0.3 is 15.8 Å². The molecule has 0 heterocycles. The van der Waals surface area contributed by atoms with Crippen molar-refractivity contribution in [2.45, 2.75) is 6.42 Å². The molecule has 25 heavy (non-hydrogen) atoms. The molecule has 0 aliphatic heterocycles. The van der Waals surface area contributed by atoms with Crippen molar-refractivity contribution in [3.05, 3.63) is 72.3 Å². The van der Waals surface area contributed by atoms with Gasteiger partial charge in [0.1, 0.15) is 5.75 Å². The van der Waals surface area contributed by atoms with Gasteiger partial charge >= 0.3 is 0 Å². The lowest BCUT2D eigenvalue weighted by Gasteiger charge is -2.10. The second-order valence-corrected chi connectivity index (χ2v) is 5.48. The first-order valence-corrected chi connectivity index (χ1v) is 7.94. The van der Waals surface area contributed by atoms with Crippen molar-refractivity contribution in [1.82, 2.24) is 0 Å². The summed E-state index contributed by atoms with van der Waals surface area (Å²) in [6, 6.07) is 22.4. The molecule has 4 nitrogen and oxygen atoms in total. The molecule has 0 atom stereocenters. The fourth-order valence-corrected chi connectivity index (χ4v) is 2.73. The Kier molecular flexibility index (Phi) is 7.06. The van der Waals surface area contributed by atoms with E-state index in [1.807, 2.05) is 24.3 Å². The maximum atomic E-state index is 5.99. The number of nitrogens with zero attached hydrogens (tertiary/aromatic N) is 1. The molecular weight excluding hydrogens is 425 g/mol. The van der Waals surface area contributed by atoms with Crippen molar-refractivity contribution in [2.24, 2.45) is 10.7 Å². The van der Waals surface area contributed by atoms with E-state index in [0.29, 0.717) is 12.5 Å². The minimum absolute atomic E-state index is 0. The van der Waals surface area contributed by atoms with Crippen molar-refractivity contribution in [1.29, 1.82) is 0 Å². The van der Waals surface area contributed by atoms with Gasteiger partial charge in [0.15, 0.2) is 5.96 Å². The summed E-state index contributed by atoms with van der Waals surface area (Å²) < 4.78 is 5.30. The third-order valence-corrected chi connectivity index (χ3v) is 3.91. The fourth-order valence-electron chi connectivity index (χ4n) is 2.73. The summed E-state index contributed by atoms with van der Waals surface area (Å²) in [5.41, 5.74) is 8.08. The summed E-state index contributed by atoms with van der Waals surface area (Å²) in [4.78, 5) is 4.42. The molecule has 0 aliphatic rings. The Hall–Kier alpha value is -2.28. The molecule has 0 spiro atoms. The number of methoxy groups -OCH3 is 1. The maximum absolute atomic E-state index is 5.99. The second kappa shape index (κ2) is 9.27. The van der Waals surface area contributed by atoms with E-state index in [1.54, 1.807) is 7.11 Å². The fraction of sp³-hybridized carbons (Fsp3) is 0.150. The van der Waals surface area contributed by atoms with Gasteiger partial charge in [0, 0.05) is 6.54 Å². The first-order chi connectivity index (χ1) is 11.8. The third kappa shape index (κ3) is 4.85. The number of anilines is 1. The maximum Gasteiger partial charge on any atom is 0.193 e. The van der Waals surface area contributed by atoms with Gasteiger partial charge in [-0.25, -0.2) is 0 Å². The first kappa shape index (κ1) is 19.1. The van der Waals surface area contributed by atoms with Crippen molar-refractivity contribution in [3.63, 3.8) is 0 Å². The average molecular weight is 447 g/mol. The minimum Gasteiger partial charge on any atom is -0.495 e. The van der Waals surface area contributed by atoms with Crippen LogP contribution in [-0.2, 0) is 6.42 Å². The molecule has 3 N–H and O–H groups in total. The van der Waals surface area contributed by atoms with Crippen LogP contribution in [0.5, 0.6) is 5.75 Å². The standard InChI is InChI=1S/C20H21N3O.HI/c1-24-19-12-5-4-11-18(19)23-20(21)22-14-13-16-9-6-8-15-7-2-3-10-17(15)16;/h2-12H,13-14H2,1H3,(H3,21,22,23);1H. The highest BCUT2D eigenvalue weighted by atomic mass is 127. The van der Waals surface area contributed by atoms with Gasteiger partial charge in [0.05, 0.1) is 12.8 Å². The lowest BCUT2D eigenvalue weighted by Crippen LogP contribution is -2.23. The Morgan fingerprint density at radius 3 is 2.56 bits per heavy atom. The van der Waals surface area contributed by atoms with Crippen LogP contribution in [-0.4, -0.2) is 19.6 Å². The van der Waals surface area contributed by atoms with E-state index in [-0.39, 0.29) is 24.0 Å². The van der Waals surface area contributed by atoms with Gasteiger partial charge in [0.2, 0.25) is 0 Å². The lowest BCUT2D eigenvalue weighted by atomic mass is 10.0. The minimum atomic E-state index is 0. The summed E-state index contributed by atoms with van der Waals surface area (Å²) in [5.74, 6) is 1.13. The quantitative estimate of drug-likeness (QED) is 0.346. The van der Waals surface area contributed by atoms with E-state index in [1.165, 1.54) is 16.3 Å². The number of nitrogens with two attached hydrogens (primary N) is 1. The zero-order valence-corrected chi connectivity index (χ0v) is 16.4. The van der Waals surface area contributed by atoms with Crippen LogP contribution in [0.3, 0.4) is 0 Å². The normalized spacial score (nSPS) is 11.0. The number of guanidine groups is 1. The SMILES string of the molecule is COc1ccccc1NC(N)=NCCc1cccc2ccccc12.I. The van der Waals surface area contributed by atoms with Crippen LogP contribution in [0.15, 0.2) is 71.7 Å². The molecule has 130 valence electrons. The van der Waals surface area contributed by atoms with Crippen molar-refractivity contribution in [3.8, 4) is 5.75 Å². The van der Waals surface area contributed by atoms with E-state index >= 15 is 0 Å². The number of hydrogen-bond acceptors (Lipinski definition) is 2. The third-order valence-electron chi connectivity index (χ3n) is 3.91. The Morgan fingerprint density at radius 1 is 1.00 bits per heavy atom. The molecule has 0 unspecified atom stereocenters. The van der Waals surface area contributed by atoms with E-state index in [9.17, 15) is 0 Å². The molecule has 0 amide bonds. The predicted molar refractivity (Wildman–Crippen MR) is 116 cm³/mol. The summed E-state index contributed by atoms with van der Waals surface area (Å²) in [7, 11) is 1.63. The molecule has 0 radical (unpaired) electrons. The zero-order valence-electron chi connectivity index (χ0n) is 14.1. The van der Waals surface area contributed by atoms with Crippen molar-refractivity contribution < 1.29 is 4.74 Å². The number of rotatable bonds is 5. The molecule has 0 saturated carbocycles. The van der Waals surface area contributed by atoms with Crippen LogP contribution in [0.25, 0.3) is 10.8 Å². The van der Waals surface area contributed by atoms with Gasteiger partial charge in [-0.05, 0) is 34.9 Å². The molecule has 0 saturated heterocycles. The lowest BCUT2D eigenvalue weighted by molar-refractivity contribution is 0.417. The molecule has 3 aromatic carbocycles. The highest BCUT2D eigenvalue weighted by Gasteiger charge is 2.03. The number of benzene rings is 3. The number of hydrogen-bond donors (Lipinski definition) is 2. The van der Waals surface area contributed by atoms with Gasteiger partial charge in [-0.15, -0.1) is 24.0 Å². The summed E-state index contributed by atoms with van der Waals surface area (Å²) in [5, 5.41) is 5.61. The van der Waals surface area contributed by atoms with Crippen LogP contribution in [0.4, 0.5) is 5.69 Å². The van der Waals surface area contributed by atoms with Crippen LogP contribution in [0.2, 0.25) is 0 Å². The van der Waals surface area contributed by atoms with Gasteiger partial charge in [-0.2, -0.15) is 0 Å². The molecule has 5 heteroatoms. The van der Waals surface area contributed by atoms with E-state index < -0.39 is 0 Å². The van der Waals surface area contributed by atoms with Crippen LogP contribution >= 0.6 is 24.0 Å². The highest BCUT2D eigenvalue weighted by Crippen LogP contribution is 2.22. The summed E-state index contributed by atoms with van der Waals surface area (Å²) in [6.45, 7) is 0.627. The van der Waals surface area contributed by atoms with Gasteiger partial charge in [0.25, 0.3) is 0 Å². The number of para-hydroxylation sites is 2. The van der Waals surface area contributed by atoms with Crippen LogP contribution in [0.1, 0.15) is 5.56 Å². The number of ether oxygens (including phenoxy) is 1. The Bertz CT molecular complexity index is 859. The summed E-state index contributed by atoms with van der Waals surface area (Å²) in [6.07, 6.45) is 0.843. The monoisotopic (exact) mass is 447 g/mol. The molecule has 0 fully saturated rings. The number of nitrogens with one attached hydrogen (secondary N) is 1. The van der Waals surface area contributed by atoms with E-state index in [2.05, 4.69) is 52.8 Å². The topological polar surface area (TPSA) is 59.6 Å². The molecule has 3 rings (SSSR count). The second-order valence-electron chi connectivity index (χ2n) is 5.48. The highest BCUT2D eigenvalue weighted by molar-refractivity contribution is 14.0. The Balaban J connectivity index is 0.00000225. The van der Waals surface area contributed by atoms with Crippen LogP contribution < -0.4 is 15.8 Å². The predicted octanol–water partition coefficient (Wildman–Crippen LogP) is 4.44. The molecular formula is C20H22IN3O. The molecule has 0 aliphatic carbocycles. The van der Waals surface area contributed by atoms with Crippen molar-refractivity contribution >= 4 is 46.4 Å². The van der Waals surface area contributed by atoms with E-state index in [0.717, 1.165) is 17.9 Å². The smallest absolute Gasteiger partial charge is 0.193 e. The number of halogens is 1. The zero-order chi connectivity index (χ0) is 16.8. The number of aliphatic imine (C=N–C) groups is 1. The summed E-state index contributed by atoms with van der Waals surface area (Å²) >= 11 is 0. The Morgan fingerprint density at radius 2 is 1.72 bits per heavy atom.